The number of thioether (sulfide) groups is 1. The molecule has 4 rings (SSSR count). The molecule has 0 spiro atoms. The van der Waals surface area contributed by atoms with Crippen LogP contribution in [-0.2, 0) is 27.7 Å². The van der Waals surface area contributed by atoms with Gasteiger partial charge in [0.05, 0.1) is 28.7 Å². The fourth-order valence-corrected chi connectivity index (χ4v) is 4.99. The van der Waals surface area contributed by atoms with Gasteiger partial charge in [0, 0.05) is 23.5 Å². The van der Waals surface area contributed by atoms with E-state index in [0.29, 0.717) is 28.2 Å². The number of hydrogen-bond donors (Lipinski definition) is 2. The Kier molecular flexibility index (Phi) is 7.16. The van der Waals surface area contributed by atoms with E-state index in [9.17, 15) is 31.2 Å². The first-order chi connectivity index (χ1) is 16.8. The zero-order valence-electron chi connectivity index (χ0n) is 18.1. The number of alkyl halides is 3. The molecular formula is C21H17ClF3N5O4S2. The van der Waals surface area contributed by atoms with Crippen molar-refractivity contribution in [2.75, 3.05) is 13.1 Å². The average Bonchev–Trinajstić information content (AvgIpc) is 3.28. The van der Waals surface area contributed by atoms with Gasteiger partial charge in [0.15, 0.2) is 0 Å². The summed E-state index contributed by atoms with van der Waals surface area (Å²) in [5, 5.41) is 9.07. The first-order valence-corrected chi connectivity index (χ1v) is 12.9. The SMILES string of the molecule is NS(=O)(=O)NCCN1C(=O)S/C(=C\c2ccc3c(cnn3Cc3ccc(Cl)cc3C(F)(F)F)c2)C1=O. The molecule has 3 aromatic rings. The van der Waals surface area contributed by atoms with Gasteiger partial charge < -0.3 is 0 Å². The number of nitrogens with one attached hydrogen (secondary N) is 1. The van der Waals surface area contributed by atoms with Crippen LogP contribution in [0.1, 0.15) is 16.7 Å². The molecule has 9 nitrogen and oxygen atoms in total. The Bertz CT molecular complexity index is 1500. The molecule has 2 heterocycles. The molecule has 1 aliphatic heterocycles. The molecule has 190 valence electrons. The van der Waals surface area contributed by atoms with Gasteiger partial charge in [0.2, 0.25) is 0 Å². The molecule has 0 saturated carbocycles. The quantitative estimate of drug-likeness (QED) is 0.426. The molecule has 0 atom stereocenters. The van der Waals surface area contributed by atoms with Crippen LogP contribution in [0.2, 0.25) is 5.02 Å². The van der Waals surface area contributed by atoms with Crippen LogP contribution in [0.5, 0.6) is 0 Å². The van der Waals surface area contributed by atoms with E-state index in [1.54, 1.807) is 18.2 Å². The van der Waals surface area contributed by atoms with E-state index in [4.69, 9.17) is 16.7 Å². The lowest BCUT2D eigenvalue weighted by Crippen LogP contribution is -2.39. The van der Waals surface area contributed by atoms with Crippen molar-refractivity contribution in [1.29, 1.82) is 0 Å². The highest BCUT2D eigenvalue weighted by Gasteiger charge is 2.35. The van der Waals surface area contributed by atoms with E-state index in [-0.39, 0.29) is 35.1 Å². The van der Waals surface area contributed by atoms with E-state index >= 15 is 0 Å². The third-order valence-electron chi connectivity index (χ3n) is 5.17. The van der Waals surface area contributed by atoms with Gasteiger partial charge in [0.1, 0.15) is 0 Å². The Morgan fingerprint density at radius 2 is 1.92 bits per heavy atom. The Balaban J connectivity index is 1.54. The normalized spacial score (nSPS) is 16.0. The Hall–Kier alpha value is -2.91. The molecule has 1 aromatic heterocycles. The third-order valence-corrected chi connectivity index (χ3v) is 6.92. The topological polar surface area (TPSA) is 127 Å². The molecule has 2 aromatic carbocycles. The van der Waals surface area contributed by atoms with E-state index in [1.807, 2.05) is 4.72 Å². The van der Waals surface area contributed by atoms with Crippen molar-refractivity contribution in [2.24, 2.45) is 5.14 Å². The first-order valence-electron chi connectivity index (χ1n) is 10.2. The summed E-state index contributed by atoms with van der Waals surface area (Å²) in [6, 6.07) is 8.54. The van der Waals surface area contributed by atoms with Crippen LogP contribution in [0.4, 0.5) is 18.0 Å². The first kappa shape index (κ1) is 26.2. The van der Waals surface area contributed by atoms with Gasteiger partial charge in [-0.3, -0.25) is 19.2 Å². The minimum Gasteiger partial charge on any atom is -0.268 e. The summed E-state index contributed by atoms with van der Waals surface area (Å²) in [5.41, 5.74) is 0.298. The summed E-state index contributed by atoms with van der Waals surface area (Å²) in [4.78, 5) is 25.8. The monoisotopic (exact) mass is 559 g/mol. The summed E-state index contributed by atoms with van der Waals surface area (Å²) in [6.07, 6.45) is -1.59. The summed E-state index contributed by atoms with van der Waals surface area (Å²) >= 11 is 6.45. The van der Waals surface area contributed by atoms with Gasteiger partial charge in [-0.05, 0) is 53.2 Å². The lowest BCUT2D eigenvalue weighted by atomic mass is 10.1. The number of rotatable bonds is 7. The minimum atomic E-state index is -4.58. The maximum atomic E-state index is 13.4. The second-order valence-electron chi connectivity index (χ2n) is 7.69. The van der Waals surface area contributed by atoms with Crippen molar-refractivity contribution in [2.45, 2.75) is 12.7 Å². The Labute approximate surface area is 212 Å². The molecule has 3 N–H and O–H groups in total. The number of aromatic nitrogens is 2. The summed E-state index contributed by atoms with van der Waals surface area (Å²) < 4.78 is 65.7. The smallest absolute Gasteiger partial charge is 0.268 e. The van der Waals surface area contributed by atoms with E-state index < -0.39 is 33.1 Å². The molecule has 36 heavy (non-hydrogen) atoms. The number of carbonyl (C=O) groups excluding carboxylic acids is 2. The molecule has 15 heteroatoms. The highest BCUT2D eigenvalue weighted by Crippen LogP contribution is 2.35. The van der Waals surface area contributed by atoms with Crippen LogP contribution in [-0.4, -0.2) is 47.3 Å². The number of carbonyl (C=O) groups is 2. The van der Waals surface area contributed by atoms with Gasteiger partial charge in [-0.15, -0.1) is 0 Å². The minimum absolute atomic E-state index is 0.00609. The largest absolute Gasteiger partial charge is 0.416 e. The van der Waals surface area contributed by atoms with Crippen molar-refractivity contribution < 1.29 is 31.2 Å². The molecule has 1 saturated heterocycles. The fraction of sp³-hybridized carbons (Fsp3) is 0.190. The van der Waals surface area contributed by atoms with Crippen LogP contribution in [0.15, 0.2) is 47.5 Å². The number of benzene rings is 2. The predicted octanol–water partition coefficient (Wildman–Crippen LogP) is 3.59. The van der Waals surface area contributed by atoms with E-state index in [0.717, 1.165) is 11.0 Å². The number of fused-ring (bicyclic) bond motifs is 1. The molecule has 2 amide bonds. The number of amides is 2. The second kappa shape index (κ2) is 9.86. The molecule has 0 unspecified atom stereocenters. The zero-order chi connectivity index (χ0) is 26.3. The average molecular weight is 560 g/mol. The summed E-state index contributed by atoms with van der Waals surface area (Å²) in [7, 11) is -3.95. The zero-order valence-corrected chi connectivity index (χ0v) is 20.5. The van der Waals surface area contributed by atoms with E-state index in [1.165, 1.54) is 29.1 Å². The van der Waals surface area contributed by atoms with Crippen LogP contribution in [0, 0.1) is 0 Å². The van der Waals surface area contributed by atoms with Crippen molar-refractivity contribution in [1.82, 2.24) is 19.4 Å². The van der Waals surface area contributed by atoms with Gasteiger partial charge in [-0.2, -0.15) is 26.7 Å². The lowest BCUT2D eigenvalue weighted by Gasteiger charge is -2.14. The lowest BCUT2D eigenvalue weighted by molar-refractivity contribution is -0.138. The third kappa shape index (κ3) is 5.90. The number of halogens is 4. The maximum absolute atomic E-state index is 13.4. The highest BCUT2D eigenvalue weighted by molar-refractivity contribution is 8.18. The molecule has 1 aliphatic rings. The van der Waals surface area contributed by atoms with Crippen molar-refractivity contribution in [3.8, 4) is 0 Å². The maximum Gasteiger partial charge on any atom is 0.416 e. The summed E-state index contributed by atoms with van der Waals surface area (Å²) in [6.45, 7) is -0.547. The van der Waals surface area contributed by atoms with Crippen LogP contribution >= 0.6 is 23.4 Å². The van der Waals surface area contributed by atoms with Crippen LogP contribution in [0.25, 0.3) is 17.0 Å². The van der Waals surface area contributed by atoms with Crippen molar-refractivity contribution in [3.63, 3.8) is 0 Å². The van der Waals surface area contributed by atoms with Gasteiger partial charge in [-0.1, -0.05) is 23.7 Å². The predicted molar refractivity (Wildman–Crippen MR) is 129 cm³/mol. The Morgan fingerprint density at radius 1 is 1.17 bits per heavy atom. The molecule has 0 aliphatic carbocycles. The second-order valence-corrected chi connectivity index (χ2v) is 10.5. The number of nitrogens with zero attached hydrogens (tertiary/aromatic N) is 3. The number of hydrogen-bond acceptors (Lipinski definition) is 6. The molecule has 0 bridgehead atoms. The number of nitrogens with two attached hydrogens (primary N) is 1. The fourth-order valence-electron chi connectivity index (χ4n) is 3.58. The van der Waals surface area contributed by atoms with Crippen molar-refractivity contribution in [3.05, 3.63) is 69.2 Å². The molecule has 0 radical (unpaired) electrons. The molecule has 1 fully saturated rings. The van der Waals surface area contributed by atoms with E-state index in [2.05, 4.69) is 5.10 Å². The van der Waals surface area contributed by atoms with Gasteiger partial charge in [-0.25, -0.2) is 9.86 Å². The highest BCUT2D eigenvalue weighted by atomic mass is 35.5. The standard InChI is InChI=1S/C21H17ClF3N5O4S2/c22-15-3-2-13(16(9-15)21(23,24)25)11-30-17-4-1-12(7-14(17)10-27-30)8-18-19(31)29(20(32)35-18)6-5-28-36(26,33)34/h1-4,7-10,28H,5-6,11H2,(H2,26,33,34)/b18-8-. The van der Waals surface area contributed by atoms with Crippen LogP contribution in [0.3, 0.4) is 0 Å². The van der Waals surface area contributed by atoms with Gasteiger partial charge >= 0.3 is 6.18 Å². The van der Waals surface area contributed by atoms with Crippen molar-refractivity contribution >= 4 is 61.7 Å². The van der Waals surface area contributed by atoms with Gasteiger partial charge in [0.25, 0.3) is 21.4 Å². The number of imide groups is 1. The Morgan fingerprint density at radius 3 is 2.61 bits per heavy atom. The van der Waals surface area contributed by atoms with Crippen LogP contribution < -0.4 is 9.86 Å². The summed E-state index contributed by atoms with van der Waals surface area (Å²) in [5.74, 6) is -0.584. The molecular weight excluding hydrogens is 543 g/mol.